The van der Waals surface area contributed by atoms with Crippen LogP contribution < -0.4 is 0 Å². The second kappa shape index (κ2) is 10.5. The van der Waals surface area contributed by atoms with E-state index >= 15 is 0 Å². The summed E-state index contributed by atoms with van der Waals surface area (Å²) < 4.78 is 21.0. The van der Waals surface area contributed by atoms with Crippen LogP contribution in [0.5, 0.6) is 0 Å². The molecule has 0 spiro atoms. The third-order valence-electron chi connectivity index (χ3n) is 2.35. The van der Waals surface area contributed by atoms with E-state index < -0.39 is 11.2 Å². The van der Waals surface area contributed by atoms with E-state index in [0.29, 0.717) is 13.2 Å². The SMILES string of the molecule is C=C(COCCC(=O)OC(C)(C)C)COCCC(=O)OC(C)(C)C. The maximum atomic E-state index is 11.5. The monoisotopic (exact) mass is 344 g/mol. The minimum atomic E-state index is -0.483. The molecule has 0 aliphatic heterocycles. The van der Waals surface area contributed by atoms with Gasteiger partial charge in [0, 0.05) is 0 Å². The van der Waals surface area contributed by atoms with Gasteiger partial charge in [-0.1, -0.05) is 6.58 Å². The van der Waals surface area contributed by atoms with Crippen LogP contribution >= 0.6 is 0 Å². The van der Waals surface area contributed by atoms with Gasteiger partial charge in [0.2, 0.25) is 0 Å². The van der Waals surface area contributed by atoms with E-state index in [1.165, 1.54) is 0 Å². The van der Waals surface area contributed by atoms with Crippen LogP contribution in [0.15, 0.2) is 12.2 Å². The first kappa shape index (κ1) is 22.6. The Hall–Kier alpha value is -1.40. The van der Waals surface area contributed by atoms with Crippen LogP contribution in [-0.4, -0.2) is 49.6 Å². The van der Waals surface area contributed by atoms with Gasteiger partial charge in [0.05, 0.1) is 39.3 Å². The third kappa shape index (κ3) is 15.5. The molecule has 0 unspecified atom stereocenters. The van der Waals surface area contributed by atoms with E-state index in [1.807, 2.05) is 41.5 Å². The van der Waals surface area contributed by atoms with Crippen molar-refractivity contribution in [3.8, 4) is 0 Å². The highest BCUT2D eigenvalue weighted by Crippen LogP contribution is 2.09. The average Bonchev–Trinajstić information content (AvgIpc) is 2.35. The van der Waals surface area contributed by atoms with E-state index in [4.69, 9.17) is 18.9 Å². The normalized spacial score (nSPS) is 11.9. The van der Waals surface area contributed by atoms with E-state index in [2.05, 4.69) is 6.58 Å². The molecule has 24 heavy (non-hydrogen) atoms. The summed E-state index contributed by atoms with van der Waals surface area (Å²) in [7, 11) is 0. The minimum absolute atomic E-state index is 0.198. The fourth-order valence-corrected chi connectivity index (χ4v) is 1.57. The first-order chi connectivity index (χ1) is 10.9. The third-order valence-corrected chi connectivity index (χ3v) is 2.35. The van der Waals surface area contributed by atoms with Crippen LogP contribution in [0.3, 0.4) is 0 Å². The number of carbonyl (C=O) groups excluding carboxylic acids is 2. The Bertz CT molecular complexity index is 376. The number of hydrogen-bond acceptors (Lipinski definition) is 6. The summed E-state index contributed by atoms with van der Waals surface area (Å²) in [5, 5.41) is 0. The van der Waals surface area contributed by atoms with Gasteiger partial charge in [-0.3, -0.25) is 9.59 Å². The van der Waals surface area contributed by atoms with Crippen LogP contribution in [0.1, 0.15) is 54.4 Å². The van der Waals surface area contributed by atoms with E-state index in [9.17, 15) is 9.59 Å². The minimum Gasteiger partial charge on any atom is -0.460 e. The smallest absolute Gasteiger partial charge is 0.308 e. The first-order valence-electron chi connectivity index (χ1n) is 8.15. The van der Waals surface area contributed by atoms with Gasteiger partial charge in [0.15, 0.2) is 0 Å². The van der Waals surface area contributed by atoms with E-state index in [0.717, 1.165) is 5.57 Å². The fourth-order valence-electron chi connectivity index (χ4n) is 1.57. The standard InChI is InChI=1S/C18H32O6/c1-14(12-21-10-8-15(19)23-17(2,3)4)13-22-11-9-16(20)24-18(5,6)7/h1,8-13H2,2-7H3. The van der Waals surface area contributed by atoms with Gasteiger partial charge in [-0.15, -0.1) is 0 Å². The molecule has 6 heteroatoms. The molecule has 0 N–H and O–H groups in total. The lowest BCUT2D eigenvalue weighted by Gasteiger charge is -2.19. The van der Waals surface area contributed by atoms with Crippen LogP contribution in [0.25, 0.3) is 0 Å². The summed E-state index contributed by atoms with van der Waals surface area (Å²) in [6.45, 7) is 15.9. The predicted octanol–water partition coefficient (Wildman–Crippen LogP) is 3.04. The molecule has 0 saturated carbocycles. The Morgan fingerprint density at radius 1 is 0.750 bits per heavy atom. The van der Waals surface area contributed by atoms with Gasteiger partial charge in [-0.25, -0.2) is 0 Å². The highest BCUT2D eigenvalue weighted by atomic mass is 16.6. The zero-order valence-electron chi connectivity index (χ0n) is 15.9. The van der Waals surface area contributed by atoms with Crippen LogP contribution in [-0.2, 0) is 28.5 Å². The highest BCUT2D eigenvalue weighted by Gasteiger charge is 2.16. The lowest BCUT2D eigenvalue weighted by atomic mass is 10.2. The van der Waals surface area contributed by atoms with Gasteiger partial charge in [0.1, 0.15) is 11.2 Å². The zero-order valence-corrected chi connectivity index (χ0v) is 15.9. The molecule has 0 aromatic carbocycles. The quantitative estimate of drug-likeness (QED) is 0.345. The summed E-state index contributed by atoms with van der Waals surface area (Å²) in [6, 6.07) is 0. The number of rotatable bonds is 10. The van der Waals surface area contributed by atoms with E-state index in [1.54, 1.807) is 0 Å². The molecule has 0 rings (SSSR count). The lowest BCUT2D eigenvalue weighted by Crippen LogP contribution is -2.24. The van der Waals surface area contributed by atoms with Crippen molar-refractivity contribution in [3.05, 3.63) is 12.2 Å². The molecule has 0 bridgehead atoms. The van der Waals surface area contributed by atoms with Crippen LogP contribution in [0, 0.1) is 0 Å². The summed E-state index contributed by atoms with van der Waals surface area (Å²) >= 11 is 0. The topological polar surface area (TPSA) is 71.1 Å². The lowest BCUT2D eigenvalue weighted by molar-refractivity contribution is -0.157. The average molecular weight is 344 g/mol. The summed E-state index contributed by atoms with van der Waals surface area (Å²) in [5.41, 5.74) is -0.228. The molecule has 0 atom stereocenters. The van der Waals surface area contributed by atoms with Crippen molar-refractivity contribution in [2.45, 2.75) is 65.6 Å². The molecular weight excluding hydrogens is 312 g/mol. The van der Waals surface area contributed by atoms with Crippen molar-refractivity contribution in [1.29, 1.82) is 0 Å². The Morgan fingerprint density at radius 3 is 1.38 bits per heavy atom. The molecular formula is C18H32O6. The Kier molecular flexibility index (Phi) is 9.85. The number of esters is 2. The van der Waals surface area contributed by atoms with Crippen molar-refractivity contribution < 1.29 is 28.5 Å². The van der Waals surface area contributed by atoms with Crippen LogP contribution in [0.2, 0.25) is 0 Å². The van der Waals surface area contributed by atoms with Gasteiger partial charge in [-0.2, -0.15) is 0 Å². The van der Waals surface area contributed by atoms with Crippen molar-refractivity contribution in [2.24, 2.45) is 0 Å². The number of ether oxygens (including phenoxy) is 4. The van der Waals surface area contributed by atoms with Crippen molar-refractivity contribution in [3.63, 3.8) is 0 Å². The predicted molar refractivity (Wildman–Crippen MR) is 91.7 cm³/mol. The second-order valence-corrected chi connectivity index (χ2v) is 7.53. The molecule has 0 saturated heterocycles. The molecule has 140 valence electrons. The Labute approximate surface area is 145 Å². The second-order valence-electron chi connectivity index (χ2n) is 7.53. The van der Waals surface area contributed by atoms with Crippen molar-refractivity contribution >= 4 is 11.9 Å². The number of carbonyl (C=O) groups is 2. The number of hydrogen-bond donors (Lipinski definition) is 0. The van der Waals surface area contributed by atoms with Crippen LogP contribution in [0.4, 0.5) is 0 Å². The van der Waals surface area contributed by atoms with Crippen molar-refractivity contribution in [1.82, 2.24) is 0 Å². The maximum Gasteiger partial charge on any atom is 0.308 e. The molecule has 0 fully saturated rings. The molecule has 0 heterocycles. The van der Waals surface area contributed by atoms with Gasteiger partial charge in [0.25, 0.3) is 0 Å². The largest absolute Gasteiger partial charge is 0.460 e. The van der Waals surface area contributed by atoms with Gasteiger partial charge >= 0.3 is 11.9 Å². The molecule has 6 nitrogen and oxygen atoms in total. The molecule has 0 aromatic rings. The molecule has 0 aliphatic rings. The highest BCUT2D eigenvalue weighted by molar-refractivity contribution is 5.70. The molecule has 0 aromatic heterocycles. The molecule has 0 aliphatic carbocycles. The fraction of sp³-hybridized carbons (Fsp3) is 0.778. The maximum absolute atomic E-state index is 11.5. The van der Waals surface area contributed by atoms with E-state index in [-0.39, 0.29) is 38.0 Å². The Morgan fingerprint density at radius 2 is 1.08 bits per heavy atom. The van der Waals surface area contributed by atoms with Crippen molar-refractivity contribution in [2.75, 3.05) is 26.4 Å². The first-order valence-corrected chi connectivity index (χ1v) is 8.15. The molecule has 0 amide bonds. The Balaban J connectivity index is 3.64. The summed E-state index contributed by atoms with van der Waals surface area (Å²) in [5.74, 6) is -0.580. The molecule has 0 radical (unpaired) electrons. The van der Waals surface area contributed by atoms with Gasteiger partial charge in [-0.05, 0) is 47.1 Å². The zero-order chi connectivity index (χ0) is 18.8. The van der Waals surface area contributed by atoms with Gasteiger partial charge < -0.3 is 18.9 Å². The summed E-state index contributed by atoms with van der Waals surface area (Å²) in [4.78, 5) is 23.0. The summed E-state index contributed by atoms with van der Waals surface area (Å²) in [6.07, 6.45) is 0.397.